The molecule has 5 rings (SSSR count). The Morgan fingerprint density at radius 1 is 0.968 bits per heavy atom. The van der Waals surface area contributed by atoms with Gasteiger partial charge >= 0.3 is 0 Å². The van der Waals surface area contributed by atoms with Gasteiger partial charge in [0.2, 0.25) is 11.8 Å². The van der Waals surface area contributed by atoms with Crippen LogP contribution < -0.4 is 0 Å². The lowest BCUT2D eigenvalue weighted by Crippen LogP contribution is -2.66. The zero-order chi connectivity index (χ0) is 21.4. The number of benzene rings is 2. The van der Waals surface area contributed by atoms with E-state index in [-0.39, 0.29) is 24.4 Å². The fourth-order valence-corrected chi connectivity index (χ4v) is 5.96. The van der Waals surface area contributed by atoms with Crippen LogP contribution in [0.25, 0.3) is 10.1 Å². The van der Waals surface area contributed by atoms with E-state index in [0.717, 1.165) is 25.1 Å². The van der Waals surface area contributed by atoms with Crippen LogP contribution in [0.5, 0.6) is 0 Å². The molecule has 3 aromatic rings. The maximum atomic E-state index is 13.3. The average Bonchev–Trinajstić information content (AvgIpc) is 3.15. The minimum Gasteiger partial charge on any atom is -0.327 e. The second-order valence-corrected chi connectivity index (χ2v) is 9.51. The zero-order valence-corrected chi connectivity index (χ0v) is 18.6. The van der Waals surface area contributed by atoms with Crippen LogP contribution in [0, 0.1) is 0 Å². The fourth-order valence-electron chi connectivity index (χ4n) is 4.81. The molecule has 2 fully saturated rings. The van der Waals surface area contributed by atoms with Crippen molar-refractivity contribution in [3.63, 3.8) is 0 Å². The van der Waals surface area contributed by atoms with E-state index < -0.39 is 0 Å². The Bertz CT molecular complexity index is 1110. The Morgan fingerprint density at radius 3 is 2.55 bits per heavy atom. The van der Waals surface area contributed by atoms with Gasteiger partial charge in [-0.05, 0) is 29.0 Å². The Kier molecular flexibility index (Phi) is 5.50. The number of fused-ring (bicyclic) bond motifs is 2. The van der Waals surface area contributed by atoms with Crippen molar-refractivity contribution in [2.75, 3.05) is 26.2 Å². The number of nitrogens with zero attached hydrogens (tertiary/aromatic N) is 3. The van der Waals surface area contributed by atoms with Gasteiger partial charge in [-0.1, -0.05) is 55.5 Å². The molecule has 1 aromatic heterocycles. The molecule has 1 unspecified atom stereocenters. The maximum absolute atomic E-state index is 13.3. The number of piperazine rings is 2. The molecule has 3 heterocycles. The summed E-state index contributed by atoms with van der Waals surface area (Å²) in [4.78, 5) is 33.4. The van der Waals surface area contributed by atoms with Gasteiger partial charge < -0.3 is 9.80 Å². The molecule has 6 heteroatoms. The molecule has 160 valence electrons. The number of hydrogen-bond acceptors (Lipinski definition) is 4. The summed E-state index contributed by atoms with van der Waals surface area (Å²) in [6, 6.07) is 18.1. The zero-order valence-electron chi connectivity index (χ0n) is 17.8. The van der Waals surface area contributed by atoms with Gasteiger partial charge in [0.25, 0.3) is 0 Å². The first-order chi connectivity index (χ1) is 15.1. The van der Waals surface area contributed by atoms with Gasteiger partial charge in [0.05, 0.1) is 0 Å². The van der Waals surface area contributed by atoms with Gasteiger partial charge in [0.15, 0.2) is 0 Å². The average molecular weight is 434 g/mol. The molecule has 1 atom stereocenters. The minimum atomic E-state index is -0.381. The number of rotatable bonds is 5. The second kappa shape index (κ2) is 8.44. The van der Waals surface area contributed by atoms with Crippen LogP contribution in [0.2, 0.25) is 0 Å². The first-order valence-electron chi connectivity index (χ1n) is 11.0. The van der Waals surface area contributed by atoms with Crippen molar-refractivity contribution in [2.24, 2.45) is 0 Å². The largest absolute Gasteiger partial charge is 0.327 e. The molecule has 2 amide bonds. The number of aryl methyl sites for hydroxylation is 1. The van der Waals surface area contributed by atoms with Crippen molar-refractivity contribution < 1.29 is 9.59 Å². The van der Waals surface area contributed by atoms with Crippen molar-refractivity contribution in [3.8, 4) is 0 Å². The Morgan fingerprint density at radius 2 is 1.74 bits per heavy atom. The summed E-state index contributed by atoms with van der Waals surface area (Å²) in [6.45, 7) is 5.74. The summed E-state index contributed by atoms with van der Waals surface area (Å²) >= 11 is 1.87. The van der Waals surface area contributed by atoms with Crippen LogP contribution in [0.1, 0.15) is 22.9 Å². The van der Waals surface area contributed by atoms with Crippen molar-refractivity contribution in [1.29, 1.82) is 0 Å². The van der Waals surface area contributed by atoms with Crippen LogP contribution in [-0.4, -0.2) is 58.7 Å². The SMILES string of the molecule is CCc1sc2ccccc2c1CN1CCN2C(=O)CN(Cc3ccccc3)C(=O)C2C1. The summed E-state index contributed by atoms with van der Waals surface area (Å²) in [5.74, 6) is 0.134. The van der Waals surface area contributed by atoms with Gasteiger partial charge in [-0.3, -0.25) is 14.5 Å². The van der Waals surface area contributed by atoms with Crippen molar-refractivity contribution in [1.82, 2.24) is 14.7 Å². The molecule has 2 saturated heterocycles. The normalized spacial score (nSPS) is 19.8. The molecule has 5 nitrogen and oxygen atoms in total. The monoisotopic (exact) mass is 433 g/mol. The molecular formula is C25H27N3O2S. The fraction of sp³-hybridized carbons (Fsp3) is 0.360. The molecule has 2 aromatic carbocycles. The third kappa shape index (κ3) is 3.86. The van der Waals surface area contributed by atoms with Crippen molar-refractivity contribution in [2.45, 2.75) is 32.5 Å². The number of thiophene rings is 1. The number of carbonyl (C=O) groups excluding carboxylic acids is 2. The van der Waals surface area contributed by atoms with Gasteiger partial charge in [-0.15, -0.1) is 11.3 Å². The molecular weight excluding hydrogens is 406 g/mol. The van der Waals surface area contributed by atoms with Gasteiger partial charge in [-0.2, -0.15) is 0 Å². The van der Waals surface area contributed by atoms with Crippen LogP contribution in [-0.2, 0) is 29.1 Å². The van der Waals surface area contributed by atoms with E-state index in [4.69, 9.17) is 0 Å². The molecule has 0 saturated carbocycles. The lowest BCUT2D eigenvalue weighted by molar-refractivity contribution is -0.160. The van der Waals surface area contributed by atoms with Crippen LogP contribution in [0.4, 0.5) is 0 Å². The molecule has 0 N–H and O–H groups in total. The van der Waals surface area contributed by atoms with E-state index in [1.54, 1.807) is 9.80 Å². The van der Waals surface area contributed by atoms with Gasteiger partial charge in [0.1, 0.15) is 12.6 Å². The van der Waals surface area contributed by atoms with E-state index in [2.05, 4.69) is 36.1 Å². The van der Waals surface area contributed by atoms with E-state index in [0.29, 0.717) is 19.6 Å². The highest BCUT2D eigenvalue weighted by Crippen LogP contribution is 2.33. The van der Waals surface area contributed by atoms with Gasteiger partial charge in [-0.25, -0.2) is 0 Å². The first-order valence-corrected chi connectivity index (χ1v) is 11.8. The molecule has 2 aliphatic heterocycles. The third-order valence-electron chi connectivity index (χ3n) is 6.41. The minimum absolute atomic E-state index is 0.0652. The lowest BCUT2D eigenvalue weighted by Gasteiger charge is -2.46. The van der Waals surface area contributed by atoms with Crippen LogP contribution >= 0.6 is 11.3 Å². The van der Waals surface area contributed by atoms with Crippen LogP contribution in [0.3, 0.4) is 0 Å². The quantitative estimate of drug-likeness (QED) is 0.618. The summed E-state index contributed by atoms with van der Waals surface area (Å²) in [5, 5.41) is 1.32. The molecule has 31 heavy (non-hydrogen) atoms. The summed E-state index contributed by atoms with van der Waals surface area (Å²) in [7, 11) is 0. The lowest BCUT2D eigenvalue weighted by atomic mass is 10.0. The molecule has 2 aliphatic rings. The highest BCUT2D eigenvalue weighted by Gasteiger charge is 2.42. The Balaban J connectivity index is 1.35. The number of carbonyl (C=O) groups is 2. The van der Waals surface area contributed by atoms with E-state index in [1.165, 1.54) is 20.5 Å². The van der Waals surface area contributed by atoms with E-state index >= 15 is 0 Å². The predicted molar refractivity (Wildman–Crippen MR) is 124 cm³/mol. The predicted octanol–water partition coefficient (Wildman–Crippen LogP) is 3.52. The Labute approximate surface area is 186 Å². The first kappa shape index (κ1) is 20.2. The second-order valence-electron chi connectivity index (χ2n) is 8.37. The standard InChI is InChI=1S/C25H27N3O2S/c1-2-22-20(19-10-6-7-11-23(19)31-22)15-26-12-13-28-21(16-26)25(30)27(17-24(28)29)14-18-8-4-3-5-9-18/h3-11,21H,2,12-17H2,1H3. The number of amides is 2. The van der Waals surface area contributed by atoms with Crippen molar-refractivity contribution in [3.05, 3.63) is 70.6 Å². The third-order valence-corrected chi connectivity index (χ3v) is 7.77. The molecule has 0 bridgehead atoms. The summed E-state index contributed by atoms with van der Waals surface area (Å²) < 4.78 is 1.32. The highest BCUT2D eigenvalue weighted by molar-refractivity contribution is 7.19. The topological polar surface area (TPSA) is 43.9 Å². The van der Waals surface area contributed by atoms with Crippen LogP contribution in [0.15, 0.2) is 54.6 Å². The smallest absolute Gasteiger partial charge is 0.247 e. The Hall–Kier alpha value is -2.70. The van der Waals surface area contributed by atoms with E-state index in [1.807, 2.05) is 41.7 Å². The highest BCUT2D eigenvalue weighted by atomic mass is 32.1. The van der Waals surface area contributed by atoms with Gasteiger partial charge in [0, 0.05) is 42.3 Å². The van der Waals surface area contributed by atoms with Crippen molar-refractivity contribution >= 4 is 33.2 Å². The number of hydrogen-bond donors (Lipinski definition) is 0. The maximum Gasteiger partial charge on any atom is 0.247 e. The molecule has 0 aliphatic carbocycles. The summed E-state index contributed by atoms with van der Waals surface area (Å²) in [5.41, 5.74) is 2.44. The molecule has 0 spiro atoms. The molecule has 0 radical (unpaired) electrons. The summed E-state index contributed by atoms with van der Waals surface area (Å²) in [6.07, 6.45) is 1.01. The van der Waals surface area contributed by atoms with E-state index in [9.17, 15) is 9.59 Å².